The molecule has 26 heavy (non-hydrogen) atoms. The van der Waals surface area contributed by atoms with Gasteiger partial charge in [-0.1, -0.05) is 29.9 Å². The van der Waals surface area contributed by atoms with Gasteiger partial charge in [-0.3, -0.25) is 4.79 Å². The number of nitrogens with one attached hydrogen (secondary N) is 1. The fourth-order valence-corrected chi connectivity index (χ4v) is 4.38. The molecule has 2 aromatic carbocycles. The Balaban J connectivity index is 1.70. The Morgan fingerprint density at radius 2 is 2.04 bits per heavy atom. The van der Waals surface area contributed by atoms with Crippen LogP contribution in [0.1, 0.15) is 20.3 Å². The summed E-state index contributed by atoms with van der Waals surface area (Å²) >= 11 is 8.90. The van der Waals surface area contributed by atoms with Crippen molar-refractivity contribution in [1.29, 1.82) is 0 Å². The number of hydrogen-bond donors (Lipinski definition) is 1. The van der Waals surface area contributed by atoms with E-state index in [9.17, 15) is 4.79 Å². The largest absolute Gasteiger partial charge is 0.494 e. The van der Waals surface area contributed by atoms with Crippen molar-refractivity contribution in [1.82, 2.24) is 4.98 Å². The summed E-state index contributed by atoms with van der Waals surface area (Å²) in [5.41, 5.74) is 0.854. The average Bonchev–Trinajstić information content (AvgIpc) is 3.02. The second-order valence-corrected chi connectivity index (χ2v) is 8.28. The highest BCUT2D eigenvalue weighted by atomic mass is 35.5. The van der Waals surface area contributed by atoms with Crippen molar-refractivity contribution in [2.75, 3.05) is 11.9 Å². The summed E-state index contributed by atoms with van der Waals surface area (Å²) in [6.45, 7) is 4.57. The number of rotatable bonds is 7. The van der Waals surface area contributed by atoms with Gasteiger partial charge in [0.15, 0.2) is 5.13 Å². The van der Waals surface area contributed by atoms with E-state index in [1.54, 1.807) is 0 Å². The zero-order chi connectivity index (χ0) is 18.5. The third kappa shape index (κ3) is 4.69. The molecule has 0 saturated heterocycles. The molecule has 0 radical (unpaired) electrons. The maximum absolute atomic E-state index is 12.6. The first-order chi connectivity index (χ1) is 12.6. The van der Waals surface area contributed by atoms with E-state index in [0.29, 0.717) is 16.8 Å². The molecule has 1 unspecified atom stereocenters. The van der Waals surface area contributed by atoms with Crippen molar-refractivity contribution in [2.24, 2.45) is 0 Å². The highest BCUT2D eigenvalue weighted by Crippen LogP contribution is 2.31. The smallest absolute Gasteiger partial charge is 0.239 e. The van der Waals surface area contributed by atoms with Crippen LogP contribution in [0.4, 0.5) is 5.13 Å². The van der Waals surface area contributed by atoms with Gasteiger partial charge >= 0.3 is 0 Å². The Morgan fingerprint density at radius 1 is 1.27 bits per heavy atom. The number of benzene rings is 2. The van der Waals surface area contributed by atoms with Gasteiger partial charge in [0.2, 0.25) is 5.91 Å². The fourth-order valence-electron chi connectivity index (χ4n) is 2.40. The lowest BCUT2D eigenvalue weighted by atomic mass is 10.3. The van der Waals surface area contributed by atoms with Gasteiger partial charge in [-0.15, -0.1) is 11.8 Å². The first-order valence-electron chi connectivity index (χ1n) is 8.35. The number of amides is 1. The lowest BCUT2D eigenvalue weighted by Gasteiger charge is -2.13. The number of thioether (sulfide) groups is 1. The van der Waals surface area contributed by atoms with Gasteiger partial charge in [0.25, 0.3) is 0 Å². The number of aromatic nitrogens is 1. The fraction of sp³-hybridized carbons (Fsp3) is 0.263. The van der Waals surface area contributed by atoms with Crippen molar-refractivity contribution in [3.63, 3.8) is 0 Å². The number of anilines is 1. The number of ether oxygens (including phenoxy) is 1. The minimum absolute atomic E-state index is 0.0449. The second kappa shape index (κ2) is 8.75. The van der Waals surface area contributed by atoms with E-state index >= 15 is 0 Å². The van der Waals surface area contributed by atoms with Crippen LogP contribution in [0.15, 0.2) is 47.4 Å². The molecule has 1 aromatic heterocycles. The zero-order valence-electron chi connectivity index (χ0n) is 14.5. The molecular formula is C19H19ClN2O2S2. The molecular weight excluding hydrogens is 388 g/mol. The third-order valence-electron chi connectivity index (χ3n) is 3.66. The maximum Gasteiger partial charge on any atom is 0.239 e. The van der Waals surface area contributed by atoms with E-state index in [4.69, 9.17) is 16.3 Å². The van der Waals surface area contributed by atoms with Gasteiger partial charge in [0.05, 0.1) is 22.1 Å². The van der Waals surface area contributed by atoms with Crippen molar-refractivity contribution >= 4 is 56.0 Å². The molecule has 1 amide bonds. The van der Waals surface area contributed by atoms with Gasteiger partial charge in [-0.25, -0.2) is 4.98 Å². The van der Waals surface area contributed by atoms with E-state index in [0.717, 1.165) is 27.3 Å². The topological polar surface area (TPSA) is 51.2 Å². The molecule has 0 bridgehead atoms. The number of carbonyl (C=O) groups excluding carboxylic acids is 1. The SMILES string of the molecule is CCOc1ccc2nc(NC(=O)C(CC)Sc3ccc(Cl)cc3)sc2c1. The normalized spacial score (nSPS) is 12.1. The van der Waals surface area contributed by atoms with Crippen LogP contribution >= 0.6 is 34.7 Å². The van der Waals surface area contributed by atoms with E-state index in [1.807, 2.05) is 56.3 Å². The number of thiazole rings is 1. The molecule has 3 aromatic rings. The summed E-state index contributed by atoms with van der Waals surface area (Å²) in [7, 11) is 0. The van der Waals surface area contributed by atoms with E-state index in [1.165, 1.54) is 23.1 Å². The van der Waals surface area contributed by atoms with E-state index in [2.05, 4.69) is 10.3 Å². The molecule has 0 aliphatic carbocycles. The second-order valence-electron chi connectivity index (χ2n) is 5.54. The minimum atomic E-state index is -0.192. The standard InChI is InChI=1S/C19H19ClN2O2S2/c1-3-16(25-14-8-5-12(20)6-9-14)18(23)22-19-21-15-10-7-13(24-4-2)11-17(15)26-19/h5-11,16H,3-4H2,1-2H3,(H,21,22,23). The molecule has 0 saturated carbocycles. The first-order valence-corrected chi connectivity index (χ1v) is 10.4. The summed E-state index contributed by atoms with van der Waals surface area (Å²) < 4.78 is 6.50. The number of carbonyl (C=O) groups is 1. The number of hydrogen-bond acceptors (Lipinski definition) is 5. The molecule has 0 spiro atoms. The van der Waals surface area contributed by atoms with Gasteiger partial charge in [0.1, 0.15) is 5.75 Å². The predicted molar refractivity (Wildman–Crippen MR) is 111 cm³/mol. The maximum atomic E-state index is 12.6. The van der Waals surface area contributed by atoms with Gasteiger partial charge in [-0.2, -0.15) is 0 Å². The summed E-state index contributed by atoms with van der Waals surface area (Å²) in [6, 6.07) is 13.3. The Bertz CT molecular complexity index is 896. The molecule has 1 heterocycles. The summed E-state index contributed by atoms with van der Waals surface area (Å²) in [4.78, 5) is 18.2. The first kappa shape index (κ1) is 19.0. The van der Waals surface area contributed by atoms with E-state index in [-0.39, 0.29) is 11.2 Å². The Hall–Kier alpha value is -1.76. The van der Waals surface area contributed by atoms with Crippen LogP contribution < -0.4 is 10.1 Å². The van der Waals surface area contributed by atoms with Crippen molar-refractivity contribution in [3.8, 4) is 5.75 Å². The molecule has 1 N–H and O–H groups in total. The third-order valence-corrected chi connectivity index (χ3v) is 6.22. The van der Waals surface area contributed by atoms with Crippen molar-refractivity contribution in [3.05, 3.63) is 47.5 Å². The molecule has 4 nitrogen and oxygen atoms in total. The van der Waals surface area contributed by atoms with E-state index < -0.39 is 0 Å². The predicted octanol–water partition coefficient (Wildman–Crippen LogP) is 5.86. The molecule has 3 rings (SSSR count). The van der Waals surface area contributed by atoms with Crippen LogP contribution in [0.5, 0.6) is 5.75 Å². The lowest BCUT2D eigenvalue weighted by molar-refractivity contribution is -0.115. The molecule has 0 fully saturated rings. The molecule has 136 valence electrons. The Morgan fingerprint density at radius 3 is 2.73 bits per heavy atom. The number of halogens is 1. The van der Waals surface area contributed by atoms with Crippen LogP contribution in [-0.4, -0.2) is 22.7 Å². The average molecular weight is 407 g/mol. The van der Waals surface area contributed by atoms with Gasteiger partial charge in [-0.05, 0) is 55.8 Å². The summed E-state index contributed by atoms with van der Waals surface area (Å²) in [5.74, 6) is 0.766. The quantitative estimate of drug-likeness (QED) is 0.499. The molecule has 0 aliphatic heterocycles. The molecule has 1 atom stereocenters. The Labute approximate surface area is 165 Å². The minimum Gasteiger partial charge on any atom is -0.494 e. The summed E-state index contributed by atoms with van der Waals surface area (Å²) in [5, 5.41) is 4.05. The van der Waals surface area contributed by atoms with Crippen LogP contribution in [-0.2, 0) is 4.79 Å². The number of fused-ring (bicyclic) bond motifs is 1. The van der Waals surface area contributed by atoms with Crippen LogP contribution in [0, 0.1) is 0 Å². The highest BCUT2D eigenvalue weighted by Gasteiger charge is 2.19. The summed E-state index contributed by atoms with van der Waals surface area (Å²) in [6.07, 6.45) is 0.721. The van der Waals surface area contributed by atoms with Crippen LogP contribution in [0.2, 0.25) is 5.02 Å². The Kier molecular flexibility index (Phi) is 6.40. The lowest BCUT2D eigenvalue weighted by Crippen LogP contribution is -2.24. The van der Waals surface area contributed by atoms with Gasteiger partial charge in [0, 0.05) is 9.92 Å². The number of nitrogens with zero attached hydrogens (tertiary/aromatic N) is 1. The monoisotopic (exact) mass is 406 g/mol. The highest BCUT2D eigenvalue weighted by molar-refractivity contribution is 8.00. The molecule has 7 heteroatoms. The van der Waals surface area contributed by atoms with Crippen molar-refractivity contribution < 1.29 is 9.53 Å². The van der Waals surface area contributed by atoms with Crippen LogP contribution in [0.3, 0.4) is 0 Å². The van der Waals surface area contributed by atoms with Crippen molar-refractivity contribution in [2.45, 2.75) is 30.4 Å². The molecule has 0 aliphatic rings. The van der Waals surface area contributed by atoms with Crippen LogP contribution in [0.25, 0.3) is 10.2 Å². The van der Waals surface area contributed by atoms with Gasteiger partial charge < -0.3 is 10.1 Å². The zero-order valence-corrected chi connectivity index (χ0v) is 16.9.